The Hall–Kier alpha value is -5.53. The number of hydrogen-bond donors (Lipinski definition) is 0. The SMILES string of the molecule is CC(C)c1cc(-c2ccccc2)cc(C(C)C)c1-n1c(-c2[c-]ccc3c2oc2ccccc23)nc2nccnc21.Cc1cc(-c2[c-]cccc2)ncc1[Si](C)(C)C.[Ir]. The number of fused-ring (bicyclic) bond motifs is 4. The van der Waals surface area contributed by atoms with Crippen molar-refractivity contribution in [3.05, 3.63) is 157 Å². The molecule has 4 heterocycles. The van der Waals surface area contributed by atoms with Gasteiger partial charge in [0.15, 0.2) is 11.3 Å². The zero-order chi connectivity index (χ0) is 39.8. The third-order valence-electron chi connectivity index (χ3n) is 10.5. The molecule has 1 radical (unpaired) electrons. The Morgan fingerprint density at radius 1 is 0.690 bits per heavy atom. The second kappa shape index (κ2) is 16.7. The van der Waals surface area contributed by atoms with Crippen molar-refractivity contribution >= 4 is 46.5 Å². The maximum Gasteiger partial charge on any atom is 0.188 e. The van der Waals surface area contributed by atoms with Gasteiger partial charge in [-0.1, -0.05) is 118 Å². The van der Waals surface area contributed by atoms with Crippen molar-refractivity contribution < 1.29 is 24.5 Å². The van der Waals surface area contributed by atoms with Crippen molar-refractivity contribution in [1.29, 1.82) is 0 Å². The summed E-state index contributed by atoms with van der Waals surface area (Å²) in [7, 11) is -1.27. The molecule has 8 heteroatoms. The summed E-state index contributed by atoms with van der Waals surface area (Å²) in [6, 6.07) is 44.2. The Bertz CT molecular complexity index is 2830. The summed E-state index contributed by atoms with van der Waals surface area (Å²) in [5, 5.41) is 3.55. The van der Waals surface area contributed by atoms with E-state index in [0.717, 1.165) is 55.9 Å². The first-order chi connectivity index (χ1) is 27.5. The summed E-state index contributed by atoms with van der Waals surface area (Å²) in [4.78, 5) is 19.1. The normalized spacial score (nSPS) is 11.6. The Morgan fingerprint density at radius 3 is 2.05 bits per heavy atom. The van der Waals surface area contributed by atoms with E-state index in [9.17, 15) is 0 Å². The van der Waals surface area contributed by atoms with E-state index in [2.05, 4.69) is 154 Å². The zero-order valence-electron chi connectivity index (χ0n) is 34.3. The van der Waals surface area contributed by atoms with E-state index in [1.165, 1.54) is 33.0 Å². The van der Waals surface area contributed by atoms with E-state index in [1.807, 2.05) is 42.5 Å². The molecule has 5 aromatic carbocycles. The molecule has 0 N–H and O–H groups in total. The minimum Gasteiger partial charge on any atom is -0.501 e. The molecular formula is C50H47IrN5OSi-2. The summed E-state index contributed by atoms with van der Waals surface area (Å²) in [6.45, 7) is 18.2. The topological polar surface area (TPSA) is 69.6 Å². The van der Waals surface area contributed by atoms with Crippen LogP contribution in [-0.2, 0) is 20.1 Å². The number of pyridine rings is 1. The largest absolute Gasteiger partial charge is 0.501 e. The summed E-state index contributed by atoms with van der Waals surface area (Å²) in [5.41, 5.74) is 13.1. The second-order valence-electron chi connectivity index (χ2n) is 16.3. The fourth-order valence-corrected chi connectivity index (χ4v) is 9.41. The molecule has 58 heavy (non-hydrogen) atoms. The first-order valence-corrected chi connectivity index (χ1v) is 23.2. The Morgan fingerprint density at radius 2 is 1.38 bits per heavy atom. The minimum atomic E-state index is -1.27. The van der Waals surface area contributed by atoms with E-state index in [0.29, 0.717) is 5.65 Å². The van der Waals surface area contributed by atoms with Crippen molar-refractivity contribution in [1.82, 2.24) is 24.5 Å². The van der Waals surface area contributed by atoms with Crippen LogP contribution in [0.15, 0.2) is 132 Å². The van der Waals surface area contributed by atoms with Crippen molar-refractivity contribution in [2.75, 3.05) is 0 Å². The van der Waals surface area contributed by atoms with Gasteiger partial charge in [0.1, 0.15) is 5.58 Å². The summed E-state index contributed by atoms with van der Waals surface area (Å²) < 4.78 is 8.61. The molecule has 0 aliphatic carbocycles. The molecule has 9 rings (SSSR count). The maximum atomic E-state index is 6.43. The molecular weight excluding hydrogens is 907 g/mol. The van der Waals surface area contributed by atoms with Gasteiger partial charge in [0.25, 0.3) is 0 Å². The number of benzene rings is 5. The van der Waals surface area contributed by atoms with Gasteiger partial charge >= 0.3 is 0 Å². The fraction of sp³-hybridized carbons (Fsp3) is 0.200. The van der Waals surface area contributed by atoms with Crippen LogP contribution in [0, 0.1) is 19.1 Å². The molecule has 0 amide bonds. The van der Waals surface area contributed by atoms with Gasteiger partial charge in [-0.3, -0.25) is 4.98 Å². The molecule has 293 valence electrons. The van der Waals surface area contributed by atoms with Gasteiger partial charge in [-0.2, -0.15) is 0 Å². The van der Waals surface area contributed by atoms with Crippen LogP contribution in [0.5, 0.6) is 0 Å². The quantitative estimate of drug-likeness (QED) is 0.118. The van der Waals surface area contributed by atoms with Gasteiger partial charge in [0, 0.05) is 49.8 Å². The average molecular weight is 954 g/mol. The number of furan rings is 1. The summed E-state index contributed by atoms with van der Waals surface area (Å²) in [6.07, 6.45) is 5.48. The van der Waals surface area contributed by atoms with Crippen LogP contribution in [0.4, 0.5) is 0 Å². The Kier molecular flexibility index (Phi) is 11.7. The number of nitrogens with zero attached hydrogens (tertiary/aromatic N) is 5. The first-order valence-electron chi connectivity index (χ1n) is 19.7. The molecule has 6 nitrogen and oxygen atoms in total. The second-order valence-corrected chi connectivity index (χ2v) is 21.3. The predicted molar refractivity (Wildman–Crippen MR) is 238 cm³/mol. The van der Waals surface area contributed by atoms with Crippen LogP contribution in [0.25, 0.3) is 72.7 Å². The van der Waals surface area contributed by atoms with Crippen LogP contribution in [-0.4, -0.2) is 32.6 Å². The van der Waals surface area contributed by atoms with Gasteiger partial charge in [-0.15, -0.1) is 54.1 Å². The fourth-order valence-electron chi connectivity index (χ4n) is 7.70. The number of rotatable bonds is 7. The summed E-state index contributed by atoms with van der Waals surface area (Å²) >= 11 is 0. The van der Waals surface area contributed by atoms with E-state index >= 15 is 0 Å². The smallest absolute Gasteiger partial charge is 0.188 e. The molecule has 0 unspecified atom stereocenters. The number of hydrogen-bond acceptors (Lipinski definition) is 5. The molecule has 0 bridgehead atoms. The van der Waals surface area contributed by atoms with Gasteiger partial charge in [-0.25, -0.2) is 9.97 Å². The van der Waals surface area contributed by atoms with Gasteiger partial charge < -0.3 is 14.0 Å². The number of aromatic nitrogens is 5. The van der Waals surface area contributed by atoms with Crippen LogP contribution >= 0.6 is 0 Å². The number of para-hydroxylation sites is 1. The maximum absolute atomic E-state index is 6.43. The van der Waals surface area contributed by atoms with Gasteiger partial charge in [-0.05, 0) is 70.1 Å². The van der Waals surface area contributed by atoms with Crippen LogP contribution in [0.2, 0.25) is 19.6 Å². The number of imidazole rings is 1. The van der Waals surface area contributed by atoms with E-state index in [1.54, 1.807) is 12.4 Å². The van der Waals surface area contributed by atoms with Gasteiger partial charge in [0.2, 0.25) is 0 Å². The van der Waals surface area contributed by atoms with Crippen molar-refractivity contribution in [2.24, 2.45) is 0 Å². The van der Waals surface area contributed by atoms with E-state index < -0.39 is 8.07 Å². The van der Waals surface area contributed by atoms with E-state index in [4.69, 9.17) is 14.4 Å². The Balaban J connectivity index is 0.000000240. The molecule has 0 aliphatic heterocycles. The first kappa shape index (κ1) is 40.7. The molecule has 0 atom stereocenters. The van der Waals surface area contributed by atoms with Crippen LogP contribution < -0.4 is 5.19 Å². The number of aryl methyl sites for hydroxylation is 1. The molecule has 0 aliphatic rings. The van der Waals surface area contributed by atoms with Crippen LogP contribution in [0.3, 0.4) is 0 Å². The van der Waals surface area contributed by atoms with Crippen molar-refractivity contribution in [2.45, 2.75) is 66.1 Å². The van der Waals surface area contributed by atoms with E-state index in [-0.39, 0.29) is 31.9 Å². The van der Waals surface area contributed by atoms with Gasteiger partial charge in [0.05, 0.1) is 19.5 Å². The summed E-state index contributed by atoms with van der Waals surface area (Å²) in [5.74, 6) is 1.23. The average Bonchev–Trinajstić information content (AvgIpc) is 3.79. The standard InChI is InChI=1S/C35H29N4O.C15H18NSi.Ir/c1-21(2)28-19-24(23-11-6-5-7-12-23)20-29(22(3)4)31(28)39-34(38-33-35(39)37-18-17-36-33)27-15-10-14-26-25-13-8-9-16-30(25)40-32(26)27;1-12-10-14(13-8-6-5-7-9-13)16-11-15(12)17(2,3)4;/h5-14,16-22H,1-4H3;5-8,10-11H,1-4H3;/q2*-1;. The van der Waals surface area contributed by atoms with Crippen LogP contribution in [0.1, 0.15) is 56.2 Å². The predicted octanol–water partition coefficient (Wildman–Crippen LogP) is 12.5. The third-order valence-corrected chi connectivity index (χ3v) is 12.6. The van der Waals surface area contributed by atoms with Crippen molar-refractivity contribution in [3.63, 3.8) is 0 Å². The molecule has 0 saturated carbocycles. The zero-order valence-corrected chi connectivity index (χ0v) is 37.7. The minimum absolute atomic E-state index is 0. The van der Waals surface area contributed by atoms with Crippen molar-refractivity contribution in [3.8, 4) is 39.5 Å². The molecule has 4 aromatic heterocycles. The third kappa shape index (κ3) is 7.84. The molecule has 0 spiro atoms. The monoisotopic (exact) mass is 954 g/mol. The molecule has 0 saturated heterocycles. The molecule has 9 aromatic rings. The Labute approximate surface area is 355 Å². The molecule has 0 fully saturated rings.